The molecule has 3 rings (SSSR count). The van der Waals surface area contributed by atoms with Crippen LogP contribution < -0.4 is 0 Å². The molecule has 0 spiro atoms. The normalized spacial score (nSPS) is 14.2. The van der Waals surface area contributed by atoms with E-state index in [-0.39, 0.29) is 36.7 Å². The van der Waals surface area contributed by atoms with Gasteiger partial charge in [-0.3, -0.25) is 14.4 Å². The first-order valence-electron chi connectivity index (χ1n) is 11.6. The highest BCUT2D eigenvalue weighted by atomic mass is 35.5. The largest absolute Gasteiger partial charge is 0.466 e. The fourth-order valence-electron chi connectivity index (χ4n) is 4.20. The highest BCUT2D eigenvalue weighted by molar-refractivity contribution is 6.31. The maximum absolute atomic E-state index is 12.9. The Labute approximate surface area is 205 Å². The smallest absolute Gasteiger partial charge is 0.309 e. The number of hydrogen-bond donors (Lipinski definition) is 0. The molecule has 34 heavy (non-hydrogen) atoms. The molecule has 0 atom stereocenters. The number of rotatable bonds is 7. The van der Waals surface area contributed by atoms with Crippen molar-refractivity contribution in [1.82, 2.24) is 19.6 Å². The Morgan fingerprint density at radius 1 is 1.18 bits per heavy atom. The minimum atomic E-state index is -0.193. The molecule has 2 aromatic rings. The number of hydrogen-bond acceptors (Lipinski definition) is 5. The third-order valence-corrected chi connectivity index (χ3v) is 6.84. The van der Waals surface area contributed by atoms with E-state index in [1.165, 1.54) is 4.90 Å². The maximum Gasteiger partial charge on any atom is 0.309 e. The van der Waals surface area contributed by atoms with E-state index >= 15 is 0 Å². The third-order valence-electron chi connectivity index (χ3n) is 6.43. The topological polar surface area (TPSA) is 84.7 Å². The van der Waals surface area contributed by atoms with Crippen molar-refractivity contribution in [2.45, 2.75) is 47.0 Å². The summed E-state index contributed by atoms with van der Waals surface area (Å²) in [6.07, 6.45) is 1.33. The van der Waals surface area contributed by atoms with Gasteiger partial charge in [0.25, 0.3) is 0 Å². The molecule has 1 fully saturated rings. The number of ether oxygens (including phenoxy) is 1. The van der Waals surface area contributed by atoms with Crippen LogP contribution in [-0.4, -0.2) is 70.7 Å². The Morgan fingerprint density at radius 3 is 2.47 bits per heavy atom. The Hall–Kier alpha value is -2.87. The van der Waals surface area contributed by atoms with Gasteiger partial charge in [-0.05, 0) is 58.2 Å². The van der Waals surface area contributed by atoms with Gasteiger partial charge in [0, 0.05) is 36.4 Å². The van der Waals surface area contributed by atoms with E-state index in [9.17, 15) is 14.4 Å². The summed E-state index contributed by atoms with van der Waals surface area (Å²) in [6, 6.07) is 5.74. The molecule has 1 saturated heterocycles. The standard InChI is InChI=1S/C25H33ClN4O4/c1-6-34-25(33)19-9-11-29(12-10-19)24(32)15-28(5)23(31)14-21-17(3)27-30(18(21)4)20-8-7-16(2)22(26)13-20/h7-8,13,19H,6,9-12,14-15H2,1-5H3. The van der Waals surface area contributed by atoms with E-state index in [4.69, 9.17) is 16.3 Å². The summed E-state index contributed by atoms with van der Waals surface area (Å²) in [6.45, 7) is 8.88. The van der Waals surface area contributed by atoms with Crippen molar-refractivity contribution in [2.24, 2.45) is 5.92 Å². The second-order valence-electron chi connectivity index (χ2n) is 8.83. The van der Waals surface area contributed by atoms with Crippen molar-refractivity contribution in [3.8, 4) is 5.69 Å². The van der Waals surface area contributed by atoms with Crippen LogP contribution >= 0.6 is 11.6 Å². The number of aryl methyl sites for hydroxylation is 2. The molecule has 1 aliphatic rings. The fraction of sp³-hybridized carbons (Fsp3) is 0.520. The van der Waals surface area contributed by atoms with Gasteiger partial charge < -0.3 is 14.5 Å². The first-order chi connectivity index (χ1) is 16.1. The summed E-state index contributed by atoms with van der Waals surface area (Å²) in [4.78, 5) is 40.7. The van der Waals surface area contributed by atoms with Crippen molar-refractivity contribution in [3.63, 3.8) is 0 Å². The number of likely N-dealkylation sites (N-methyl/N-ethyl adjacent to an activating group) is 1. The van der Waals surface area contributed by atoms with Crippen LogP contribution in [-0.2, 0) is 25.5 Å². The van der Waals surface area contributed by atoms with Crippen LogP contribution in [0.5, 0.6) is 0 Å². The molecule has 8 nitrogen and oxygen atoms in total. The molecule has 1 aromatic carbocycles. The molecule has 184 valence electrons. The van der Waals surface area contributed by atoms with E-state index in [0.717, 1.165) is 28.2 Å². The quantitative estimate of drug-likeness (QED) is 0.558. The van der Waals surface area contributed by atoms with Crippen molar-refractivity contribution >= 4 is 29.4 Å². The lowest BCUT2D eigenvalue weighted by Gasteiger charge is -2.32. The zero-order valence-electron chi connectivity index (χ0n) is 20.6. The monoisotopic (exact) mass is 488 g/mol. The second-order valence-corrected chi connectivity index (χ2v) is 9.24. The molecule has 0 saturated carbocycles. The average Bonchev–Trinajstić information content (AvgIpc) is 3.09. The predicted octanol–water partition coefficient (Wildman–Crippen LogP) is 3.25. The zero-order chi connectivity index (χ0) is 25.0. The van der Waals surface area contributed by atoms with Crippen molar-refractivity contribution in [1.29, 1.82) is 0 Å². The highest BCUT2D eigenvalue weighted by Crippen LogP contribution is 2.23. The van der Waals surface area contributed by atoms with Gasteiger partial charge >= 0.3 is 5.97 Å². The number of amides is 2. The molecule has 2 amide bonds. The van der Waals surface area contributed by atoms with Crippen LogP contribution in [0.4, 0.5) is 0 Å². The van der Waals surface area contributed by atoms with Gasteiger partial charge in [-0.1, -0.05) is 17.7 Å². The van der Waals surface area contributed by atoms with E-state index in [0.29, 0.717) is 37.6 Å². The number of piperidine rings is 1. The molecule has 0 radical (unpaired) electrons. The Bertz CT molecular complexity index is 1070. The fourth-order valence-corrected chi connectivity index (χ4v) is 4.37. The summed E-state index contributed by atoms with van der Waals surface area (Å²) in [5.74, 6) is -0.616. The number of aromatic nitrogens is 2. The van der Waals surface area contributed by atoms with Crippen molar-refractivity contribution < 1.29 is 19.1 Å². The summed E-state index contributed by atoms with van der Waals surface area (Å²) < 4.78 is 6.87. The van der Waals surface area contributed by atoms with Gasteiger partial charge in [-0.25, -0.2) is 4.68 Å². The Balaban J connectivity index is 1.59. The van der Waals surface area contributed by atoms with Crippen LogP contribution in [0.3, 0.4) is 0 Å². The maximum atomic E-state index is 12.9. The molecule has 0 unspecified atom stereocenters. The van der Waals surface area contributed by atoms with E-state index in [1.54, 1.807) is 23.6 Å². The van der Waals surface area contributed by atoms with Crippen LogP contribution in [0.15, 0.2) is 18.2 Å². The molecule has 0 aliphatic carbocycles. The number of carbonyl (C=O) groups excluding carboxylic acids is 3. The highest BCUT2D eigenvalue weighted by Gasteiger charge is 2.29. The first-order valence-corrected chi connectivity index (χ1v) is 12.0. The number of carbonyl (C=O) groups is 3. The summed E-state index contributed by atoms with van der Waals surface area (Å²) in [5.41, 5.74) is 4.30. The van der Waals surface area contributed by atoms with Crippen LogP contribution in [0, 0.1) is 26.7 Å². The van der Waals surface area contributed by atoms with Crippen molar-refractivity contribution in [2.75, 3.05) is 33.3 Å². The van der Waals surface area contributed by atoms with Gasteiger partial charge in [-0.2, -0.15) is 5.10 Å². The van der Waals surface area contributed by atoms with Gasteiger partial charge in [0.1, 0.15) is 0 Å². The van der Waals surface area contributed by atoms with E-state index in [2.05, 4.69) is 5.10 Å². The molecule has 0 N–H and O–H groups in total. The number of halogens is 1. The summed E-state index contributed by atoms with van der Waals surface area (Å²) in [5, 5.41) is 5.27. The minimum Gasteiger partial charge on any atom is -0.466 e. The number of esters is 1. The number of likely N-dealkylation sites (tertiary alicyclic amines) is 1. The summed E-state index contributed by atoms with van der Waals surface area (Å²) >= 11 is 6.28. The van der Waals surface area contributed by atoms with Gasteiger partial charge in [0.05, 0.1) is 36.9 Å². The van der Waals surface area contributed by atoms with Crippen LogP contribution in [0.1, 0.15) is 42.3 Å². The van der Waals surface area contributed by atoms with E-state index < -0.39 is 0 Å². The molecule has 9 heteroatoms. The summed E-state index contributed by atoms with van der Waals surface area (Å²) in [7, 11) is 1.64. The lowest BCUT2D eigenvalue weighted by Crippen LogP contribution is -2.46. The molecule has 0 bridgehead atoms. The minimum absolute atomic E-state index is 0.00269. The first kappa shape index (κ1) is 25.7. The lowest BCUT2D eigenvalue weighted by atomic mass is 9.97. The number of nitrogens with zero attached hydrogens (tertiary/aromatic N) is 4. The van der Waals surface area contributed by atoms with Crippen LogP contribution in [0.2, 0.25) is 5.02 Å². The van der Waals surface area contributed by atoms with Gasteiger partial charge in [-0.15, -0.1) is 0 Å². The molecule has 1 aliphatic heterocycles. The van der Waals surface area contributed by atoms with E-state index in [1.807, 2.05) is 39.0 Å². The predicted molar refractivity (Wildman–Crippen MR) is 130 cm³/mol. The van der Waals surface area contributed by atoms with Gasteiger partial charge in [0.2, 0.25) is 11.8 Å². The third kappa shape index (κ3) is 5.78. The SMILES string of the molecule is CCOC(=O)C1CCN(C(=O)CN(C)C(=O)Cc2c(C)nn(-c3ccc(C)c(Cl)c3)c2C)CC1. The van der Waals surface area contributed by atoms with Gasteiger partial charge in [0.15, 0.2) is 0 Å². The number of benzene rings is 1. The molecule has 2 heterocycles. The Morgan fingerprint density at radius 2 is 1.85 bits per heavy atom. The molecular weight excluding hydrogens is 456 g/mol. The van der Waals surface area contributed by atoms with Crippen LogP contribution in [0.25, 0.3) is 5.69 Å². The van der Waals surface area contributed by atoms with Crippen molar-refractivity contribution in [3.05, 3.63) is 45.7 Å². The second kappa shape index (κ2) is 11.0. The zero-order valence-corrected chi connectivity index (χ0v) is 21.3. The molecular formula is C25H33ClN4O4. The molecule has 1 aromatic heterocycles. The lowest BCUT2D eigenvalue weighted by molar-refractivity contribution is -0.151. The average molecular weight is 489 g/mol. The Kier molecular flexibility index (Phi) is 8.36.